The number of thioether (sulfide) groups is 1. The molecule has 0 fully saturated rings. The monoisotopic (exact) mass is 483 g/mol. The summed E-state index contributed by atoms with van der Waals surface area (Å²) >= 11 is 7.70. The predicted octanol–water partition coefficient (Wildman–Crippen LogP) is 6.27. The van der Waals surface area contributed by atoms with Gasteiger partial charge in [-0.1, -0.05) is 56.3 Å². The van der Waals surface area contributed by atoms with Crippen molar-refractivity contribution in [2.75, 3.05) is 7.11 Å². The highest BCUT2D eigenvalue weighted by Crippen LogP contribution is 2.34. The molecular formula is C24H26ClN5O2S. The molecule has 0 amide bonds. The summed E-state index contributed by atoms with van der Waals surface area (Å²) in [6, 6.07) is 13.7. The van der Waals surface area contributed by atoms with E-state index in [1.54, 1.807) is 13.2 Å². The zero-order valence-electron chi connectivity index (χ0n) is 19.3. The van der Waals surface area contributed by atoms with Gasteiger partial charge in [-0.15, -0.1) is 20.4 Å². The van der Waals surface area contributed by atoms with Gasteiger partial charge in [-0.2, -0.15) is 0 Å². The number of halogens is 1. The molecule has 0 atom stereocenters. The summed E-state index contributed by atoms with van der Waals surface area (Å²) in [4.78, 5) is 0. The van der Waals surface area contributed by atoms with Gasteiger partial charge in [0.1, 0.15) is 5.75 Å². The van der Waals surface area contributed by atoms with E-state index in [-0.39, 0.29) is 5.41 Å². The van der Waals surface area contributed by atoms with Crippen molar-refractivity contribution in [1.82, 2.24) is 25.0 Å². The molecule has 0 radical (unpaired) electrons. The fourth-order valence-corrected chi connectivity index (χ4v) is 4.41. The summed E-state index contributed by atoms with van der Waals surface area (Å²) in [5.41, 5.74) is 3.05. The van der Waals surface area contributed by atoms with Crippen molar-refractivity contribution < 1.29 is 9.15 Å². The number of methoxy groups -OCH3 is 1. The van der Waals surface area contributed by atoms with Crippen LogP contribution in [0, 0.1) is 0 Å². The van der Waals surface area contributed by atoms with Crippen LogP contribution >= 0.6 is 23.4 Å². The maximum Gasteiger partial charge on any atom is 0.247 e. The highest BCUT2D eigenvalue weighted by Gasteiger charge is 2.19. The number of benzene rings is 2. The Balaban J connectivity index is 1.51. The molecule has 4 rings (SSSR count). The fraction of sp³-hybridized carbons (Fsp3) is 0.333. The Kier molecular flexibility index (Phi) is 6.76. The number of ether oxygens (including phenoxy) is 1. The van der Waals surface area contributed by atoms with E-state index in [0.717, 1.165) is 16.3 Å². The van der Waals surface area contributed by atoms with E-state index in [9.17, 15) is 0 Å². The van der Waals surface area contributed by atoms with E-state index in [1.807, 2.05) is 35.8 Å². The molecule has 0 aliphatic rings. The third kappa shape index (κ3) is 5.07. The normalized spacial score (nSPS) is 11.7. The van der Waals surface area contributed by atoms with Gasteiger partial charge >= 0.3 is 0 Å². The lowest BCUT2D eigenvalue weighted by Crippen LogP contribution is -2.10. The van der Waals surface area contributed by atoms with Crippen molar-refractivity contribution in [1.29, 1.82) is 0 Å². The zero-order chi connectivity index (χ0) is 23.6. The van der Waals surface area contributed by atoms with Gasteiger partial charge in [-0.3, -0.25) is 0 Å². The minimum atomic E-state index is 0.0956. The molecule has 0 saturated heterocycles. The highest BCUT2D eigenvalue weighted by molar-refractivity contribution is 7.98. The Morgan fingerprint density at radius 2 is 1.79 bits per heavy atom. The van der Waals surface area contributed by atoms with Crippen molar-refractivity contribution in [3.8, 4) is 28.6 Å². The highest BCUT2D eigenvalue weighted by atomic mass is 35.5. The van der Waals surface area contributed by atoms with Crippen LogP contribution in [0.2, 0.25) is 5.02 Å². The molecule has 4 aromatic rings. The smallest absolute Gasteiger partial charge is 0.247 e. The van der Waals surface area contributed by atoms with E-state index in [0.29, 0.717) is 40.7 Å². The number of hydrogen-bond acceptors (Lipinski definition) is 7. The number of aromatic nitrogens is 5. The summed E-state index contributed by atoms with van der Waals surface area (Å²) in [6.07, 6.45) is 0. The Hall–Kier alpha value is -2.84. The molecule has 2 heterocycles. The van der Waals surface area contributed by atoms with Crippen molar-refractivity contribution >= 4 is 23.4 Å². The topological polar surface area (TPSA) is 78.9 Å². The minimum Gasteiger partial charge on any atom is -0.496 e. The van der Waals surface area contributed by atoms with Crippen molar-refractivity contribution in [3.05, 3.63) is 58.9 Å². The average Bonchev–Trinajstić information content (AvgIpc) is 3.44. The lowest BCUT2D eigenvalue weighted by molar-refractivity contribution is 0.416. The first-order valence-electron chi connectivity index (χ1n) is 10.6. The second kappa shape index (κ2) is 9.57. The largest absolute Gasteiger partial charge is 0.496 e. The van der Waals surface area contributed by atoms with Gasteiger partial charge in [0.2, 0.25) is 11.8 Å². The maximum atomic E-state index is 6.21. The van der Waals surface area contributed by atoms with Gasteiger partial charge in [-0.05, 0) is 48.2 Å². The second-order valence-corrected chi connectivity index (χ2v) is 9.89. The quantitative estimate of drug-likeness (QED) is 0.287. The first-order valence-corrected chi connectivity index (χ1v) is 12.0. The molecule has 0 N–H and O–H groups in total. The van der Waals surface area contributed by atoms with Crippen LogP contribution in [0.4, 0.5) is 0 Å². The van der Waals surface area contributed by atoms with E-state index >= 15 is 0 Å². The number of hydrogen-bond donors (Lipinski definition) is 0. The lowest BCUT2D eigenvalue weighted by Gasteiger charge is -2.18. The van der Waals surface area contributed by atoms with Gasteiger partial charge in [0, 0.05) is 17.1 Å². The third-order valence-electron chi connectivity index (χ3n) is 5.22. The van der Waals surface area contributed by atoms with Crippen LogP contribution in [0.3, 0.4) is 0 Å². The zero-order valence-corrected chi connectivity index (χ0v) is 20.9. The van der Waals surface area contributed by atoms with E-state index in [4.69, 9.17) is 20.8 Å². The maximum absolute atomic E-state index is 6.21. The fourth-order valence-electron chi connectivity index (χ4n) is 3.40. The summed E-state index contributed by atoms with van der Waals surface area (Å²) in [5, 5.41) is 18.5. The molecule has 0 spiro atoms. The number of rotatable bonds is 7. The molecule has 0 unspecified atom stereocenters. The molecule has 0 bridgehead atoms. The SMILES string of the molecule is CCn1c(SCc2nnc(-c3ccc(C(C)(C)C)cc3)o2)nnc1-c1cc(Cl)ccc1OC. The Bertz CT molecular complexity index is 1240. The van der Waals surface area contributed by atoms with Crippen LogP contribution in [0.1, 0.15) is 39.1 Å². The predicted molar refractivity (Wildman–Crippen MR) is 131 cm³/mol. The number of nitrogens with zero attached hydrogens (tertiary/aromatic N) is 5. The molecule has 2 aromatic heterocycles. The average molecular weight is 484 g/mol. The minimum absolute atomic E-state index is 0.0956. The van der Waals surface area contributed by atoms with E-state index < -0.39 is 0 Å². The van der Waals surface area contributed by atoms with Crippen LogP contribution < -0.4 is 4.74 Å². The standard InChI is InChI=1S/C24H26ClN5O2S/c1-6-30-21(18-13-17(25)11-12-19(18)31-5)27-29-23(30)33-14-20-26-28-22(32-20)15-7-9-16(10-8-15)24(2,3)4/h7-13H,6,14H2,1-5H3. The first kappa shape index (κ1) is 23.3. The molecule has 0 aliphatic heterocycles. The van der Waals surface area contributed by atoms with Crippen LogP contribution in [0.5, 0.6) is 5.75 Å². The van der Waals surface area contributed by atoms with Gasteiger partial charge in [0.15, 0.2) is 11.0 Å². The summed E-state index contributed by atoms with van der Waals surface area (Å²) in [6.45, 7) is 9.29. The summed E-state index contributed by atoms with van der Waals surface area (Å²) in [7, 11) is 1.62. The van der Waals surface area contributed by atoms with Crippen molar-refractivity contribution in [2.24, 2.45) is 0 Å². The van der Waals surface area contributed by atoms with Crippen LogP contribution in [-0.4, -0.2) is 32.1 Å². The van der Waals surface area contributed by atoms with Gasteiger partial charge in [-0.25, -0.2) is 0 Å². The molecule has 2 aromatic carbocycles. The summed E-state index contributed by atoms with van der Waals surface area (Å²) in [5.74, 6) is 2.91. The van der Waals surface area contributed by atoms with Gasteiger partial charge in [0.05, 0.1) is 18.4 Å². The van der Waals surface area contributed by atoms with E-state index in [1.165, 1.54) is 17.3 Å². The van der Waals surface area contributed by atoms with Crippen molar-refractivity contribution in [2.45, 2.75) is 50.6 Å². The van der Waals surface area contributed by atoms with Crippen LogP contribution in [0.15, 0.2) is 52.0 Å². The first-order chi connectivity index (χ1) is 15.8. The molecule has 0 saturated carbocycles. The van der Waals surface area contributed by atoms with Gasteiger partial charge in [0.25, 0.3) is 0 Å². The van der Waals surface area contributed by atoms with Crippen LogP contribution in [0.25, 0.3) is 22.8 Å². The van der Waals surface area contributed by atoms with Crippen LogP contribution in [-0.2, 0) is 17.7 Å². The van der Waals surface area contributed by atoms with Crippen molar-refractivity contribution in [3.63, 3.8) is 0 Å². The lowest BCUT2D eigenvalue weighted by atomic mass is 9.87. The molecule has 0 aliphatic carbocycles. The third-order valence-corrected chi connectivity index (χ3v) is 6.41. The molecular weight excluding hydrogens is 458 g/mol. The molecule has 172 valence electrons. The Morgan fingerprint density at radius 1 is 1.03 bits per heavy atom. The van der Waals surface area contributed by atoms with Gasteiger partial charge < -0.3 is 13.7 Å². The molecule has 7 nitrogen and oxygen atoms in total. The Labute approximate surface area is 202 Å². The Morgan fingerprint density at radius 3 is 2.45 bits per heavy atom. The molecule has 9 heteroatoms. The van der Waals surface area contributed by atoms with E-state index in [2.05, 4.69) is 53.3 Å². The second-order valence-electron chi connectivity index (χ2n) is 8.51. The summed E-state index contributed by atoms with van der Waals surface area (Å²) < 4.78 is 13.4. The molecule has 33 heavy (non-hydrogen) atoms.